The first-order chi connectivity index (χ1) is 15.6. The Kier molecular flexibility index (Phi) is 7.28. The number of carbonyl (C=O) groups is 1. The van der Waals surface area contributed by atoms with E-state index in [1.54, 1.807) is 6.20 Å². The van der Waals surface area contributed by atoms with Crippen LogP contribution < -0.4 is 0 Å². The SMILES string of the molecule is CCCN1CCN(Cc2cccc(C)n2)CC(Cc2ccc(-c3cccnc3)cc2)C1=O. The van der Waals surface area contributed by atoms with Crippen molar-refractivity contribution in [2.75, 3.05) is 26.2 Å². The van der Waals surface area contributed by atoms with E-state index in [9.17, 15) is 4.79 Å². The van der Waals surface area contributed by atoms with E-state index in [4.69, 9.17) is 0 Å². The first-order valence-electron chi connectivity index (χ1n) is 11.6. The van der Waals surface area contributed by atoms with Gasteiger partial charge in [0.25, 0.3) is 0 Å². The standard InChI is InChI=1S/C27H32N4O/c1-3-14-31-16-15-30(20-26-8-4-6-21(2)29-26)19-25(27(31)32)17-22-9-11-23(12-10-22)24-7-5-13-28-18-24/h4-13,18,25H,3,14-17,19-20H2,1-2H3. The number of pyridine rings is 2. The highest BCUT2D eigenvalue weighted by molar-refractivity contribution is 5.79. The molecule has 32 heavy (non-hydrogen) atoms. The molecule has 4 rings (SSSR count). The maximum Gasteiger partial charge on any atom is 0.227 e. The van der Waals surface area contributed by atoms with Crippen LogP contribution in [0, 0.1) is 12.8 Å². The minimum Gasteiger partial charge on any atom is -0.341 e. The van der Waals surface area contributed by atoms with Crippen molar-refractivity contribution in [3.8, 4) is 11.1 Å². The Morgan fingerprint density at radius 1 is 1.00 bits per heavy atom. The zero-order valence-electron chi connectivity index (χ0n) is 19.1. The molecule has 1 aliphatic rings. The highest BCUT2D eigenvalue weighted by Gasteiger charge is 2.30. The summed E-state index contributed by atoms with van der Waals surface area (Å²) in [7, 11) is 0. The lowest BCUT2D eigenvalue weighted by Gasteiger charge is -2.24. The van der Waals surface area contributed by atoms with Crippen LogP contribution >= 0.6 is 0 Å². The fraction of sp³-hybridized carbons (Fsp3) is 0.370. The quantitative estimate of drug-likeness (QED) is 0.561. The Morgan fingerprint density at radius 2 is 1.84 bits per heavy atom. The number of aromatic nitrogens is 2. The van der Waals surface area contributed by atoms with Crippen molar-refractivity contribution >= 4 is 5.91 Å². The van der Waals surface area contributed by atoms with Crippen LogP contribution in [0.2, 0.25) is 0 Å². The molecule has 1 amide bonds. The van der Waals surface area contributed by atoms with Crippen molar-refractivity contribution in [3.05, 3.63) is 83.9 Å². The number of hydrogen-bond acceptors (Lipinski definition) is 4. The molecule has 1 fully saturated rings. The molecule has 1 unspecified atom stereocenters. The number of nitrogens with zero attached hydrogens (tertiary/aromatic N) is 4. The second kappa shape index (κ2) is 10.5. The van der Waals surface area contributed by atoms with E-state index in [2.05, 4.69) is 69.2 Å². The summed E-state index contributed by atoms with van der Waals surface area (Å²) in [5.74, 6) is 0.237. The highest BCUT2D eigenvalue weighted by Crippen LogP contribution is 2.22. The molecule has 1 atom stereocenters. The number of amides is 1. The van der Waals surface area contributed by atoms with Crippen molar-refractivity contribution in [1.29, 1.82) is 0 Å². The number of rotatable bonds is 7. The zero-order chi connectivity index (χ0) is 22.3. The van der Waals surface area contributed by atoms with Crippen molar-refractivity contribution in [1.82, 2.24) is 19.8 Å². The third-order valence-corrected chi connectivity index (χ3v) is 6.08. The second-order valence-electron chi connectivity index (χ2n) is 8.67. The normalized spacial score (nSPS) is 17.4. The van der Waals surface area contributed by atoms with Gasteiger partial charge in [-0.15, -0.1) is 0 Å². The van der Waals surface area contributed by atoms with E-state index in [0.717, 1.165) is 68.1 Å². The summed E-state index contributed by atoms with van der Waals surface area (Å²) < 4.78 is 0. The lowest BCUT2D eigenvalue weighted by Crippen LogP contribution is -2.37. The Bertz CT molecular complexity index is 1020. The van der Waals surface area contributed by atoms with Gasteiger partial charge in [0.05, 0.1) is 11.6 Å². The van der Waals surface area contributed by atoms with Gasteiger partial charge >= 0.3 is 0 Å². The molecule has 5 heteroatoms. The zero-order valence-corrected chi connectivity index (χ0v) is 19.1. The summed E-state index contributed by atoms with van der Waals surface area (Å²) in [4.78, 5) is 26.7. The van der Waals surface area contributed by atoms with E-state index >= 15 is 0 Å². The smallest absolute Gasteiger partial charge is 0.227 e. The molecule has 3 heterocycles. The monoisotopic (exact) mass is 428 g/mol. The summed E-state index contributed by atoms with van der Waals surface area (Å²) in [6.07, 6.45) is 5.40. The molecule has 1 aromatic carbocycles. The van der Waals surface area contributed by atoms with Crippen LogP contribution in [-0.2, 0) is 17.8 Å². The van der Waals surface area contributed by atoms with Crippen LogP contribution in [0.25, 0.3) is 11.1 Å². The Balaban J connectivity index is 1.50. The van der Waals surface area contributed by atoms with Gasteiger partial charge < -0.3 is 4.90 Å². The first-order valence-corrected chi connectivity index (χ1v) is 11.6. The summed E-state index contributed by atoms with van der Waals surface area (Å²) in [5.41, 5.74) is 5.56. The van der Waals surface area contributed by atoms with E-state index in [0.29, 0.717) is 0 Å². The molecule has 5 nitrogen and oxygen atoms in total. The van der Waals surface area contributed by atoms with Crippen LogP contribution in [0.15, 0.2) is 67.0 Å². The van der Waals surface area contributed by atoms with Gasteiger partial charge in [-0.2, -0.15) is 0 Å². The van der Waals surface area contributed by atoms with E-state index in [-0.39, 0.29) is 11.8 Å². The fourth-order valence-electron chi connectivity index (χ4n) is 4.47. The van der Waals surface area contributed by atoms with Gasteiger partial charge in [-0.1, -0.05) is 43.3 Å². The average Bonchev–Trinajstić information content (AvgIpc) is 2.95. The summed E-state index contributed by atoms with van der Waals surface area (Å²) >= 11 is 0. The number of benzene rings is 1. The highest BCUT2D eigenvalue weighted by atomic mass is 16.2. The third-order valence-electron chi connectivity index (χ3n) is 6.08. The number of hydrogen-bond donors (Lipinski definition) is 0. The minimum absolute atomic E-state index is 0.0434. The summed E-state index contributed by atoms with van der Waals surface area (Å²) in [5, 5.41) is 0. The number of aryl methyl sites for hydroxylation is 1. The van der Waals surface area contributed by atoms with Gasteiger partial charge in [-0.3, -0.25) is 19.7 Å². The molecule has 0 saturated carbocycles. The molecule has 3 aromatic rings. The van der Waals surface area contributed by atoms with Crippen LogP contribution in [0.4, 0.5) is 0 Å². The molecule has 1 saturated heterocycles. The van der Waals surface area contributed by atoms with Gasteiger partial charge in [0, 0.05) is 50.8 Å². The van der Waals surface area contributed by atoms with Crippen LogP contribution in [0.1, 0.15) is 30.3 Å². The second-order valence-corrected chi connectivity index (χ2v) is 8.67. The summed E-state index contributed by atoms with van der Waals surface area (Å²) in [6.45, 7) is 8.21. The lowest BCUT2D eigenvalue weighted by molar-refractivity contribution is -0.134. The third kappa shape index (κ3) is 5.60. The topological polar surface area (TPSA) is 49.3 Å². The van der Waals surface area contributed by atoms with Gasteiger partial charge in [-0.25, -0.2) is 0 Å². The fourth-order valence-corrected chi connectivity index (χ4v) is 4.47. The Hall–Kier alpha value is -3.05. The van der Waals surface area contributed by atoms with Crippen molar-refractivity contribution in [2.45, 2.75) is 33.2 Å². The molecule has 0 bridgehead atoms. The summed E-state index contributed by atoms with van der Waals surface area (Å²) in [6, 6.07) is 18.7. The van der Waals surface area contributed by atoms with Crippen molar-refractivity contribution in [2.24, 2.45) is 5.92 Å². The van der Waals surface area contributed by atoms with Crippen LogP contribution in [0.3, 0.4) is 0 Å². The number of carbonyl (C=O) groups excluding carboxylic acids is 1. The molecular weight excluding hydrogens is 396 g/mol. The van der Waals surface area contributed by atoms with E-state index in [1.165, 1.54) is 5.56 Å². The predicted molar refractivity (Wildman–Crippen MR) is 128 cm³/mol. The molecule has 166 valence electrons. The molecular formula is C27H32N4O. The maximum atomic E-state index is 13.4. The van der Waals surface area contributed by atoms with Crippen LogP contribution in [-0.4, -0.2) is 51.9 Å². The molecule has 2 aromatic heterocycles. The molecule has 0 N–H and O–H groups in total. The molecule has 0 aliphatic carbocycles. The largest absolute Gasteiger partial charge is 0.341 e. The molecule has 1 aliphatic heterocycles. The van der Waals surface area contributed by atoms with Gasteiger partial charge in [0.2, 0.25) is 5.91 Å². The Morgan fingerprint density at radius 3 is 2.56 bits per heavy atom. The van der Waals surface area contributed by atoms with Gasteiger partial charge in [0.15, 0.2) is 0 Å². The van der Waals surface area contributed by atoms with Gasteiger partial charge in [0.1, 0.15) is 0 Å². The minimum atomic E-state index is -0.0434. The first kappa shape index (κ1) is 22.2. The molecule has 0 spiro atoms. The van der Waals surface area contributed by atoms with E-state index in [1.807, 2.05) is 25.3 Å². The van der Waals surface area contributed by atoms with Crippen molar-refractivity contribution < 1.29 is 4.79 Å². The Labute approximate surface area is 191 Å². The molecule has 0 radical (unpaired) electrons. The van der Waals surface area contributed by atoms with Crippen LogP contribution in [0.5, 0.6) is 0 Å². The maximum absolute atomic E-state index is 13.4. The van der Waals surface area contributed by atoms with Crippen molar-refractivity contribution in [3.63, 3.8) is 0 Å². The predicted octanol–water partition coefficient (Wildman–Crippen LogP) is 4.37. The lowest BCUT2D eigenvalue weighted by atomic mass is 9.96. The van der Waals surface area contributed by atoms with E-state index < -0.39 is 0 Å². The average molecular weight is 429 g/mol. The van der Waals surface area contributed by atoms with Gasteiger partial charge in [-0.05, 0) is 54.7 Å².